The van der Waals surface area contributed by atoms with Crippen molar-refractivity contribution in [2.75, 3.05) is 18.0 Å². The number of carbonyl (C=O) groups is 2. The van der Waals surface area contributed by atoms with E-state index in [4.69, 9.17) is 5.14 Å². The van der Waals surface area contributed by atoms with Gasteiger partial charge in [0.05, 0.1) is 10.8 Å². The number of rotatable bonds is 6. The number of nitrogens with one attached hydrogen (secondary N) is 1. The van der Waals surface area contributed by atoms with Crippen molar-refractivity contribution < 1.29 is 22.4 Å². The Bertz CT molecular complexity index is 992. The van der Waals surface area contributed by atoms with Gasteiger partial charge in [0, 0.05) is 25.2 Å². The van der Waals surface area contributed by atoms with Gasteiger partial charge in [0.1, 0.15) is 5.82 Å². The van der Waals surface area contributed by atoms with Crippen LogP contribution in [0.5, 0.6) is 0 Å². The fourth-order valence-electron chi connectivity index (χ4n) is 3.09. The van der Waals surface area contributed by atoms with Gasteiger partial charge in [-0.25, -0.2) is 17.9 Å². The summed E-state index contributed by atoms with van der Waals surface area (Å²) in [5.41, 5.74) is 1.28. The zero-order valence-electron chi connectivity index (χ0n) is 15.0. The molecule has 28 heavy (non-hydrogen) atoms. The van der Waals surface area contributed by atoms with Gasteiger partial charge in [-0.15, -0.1) is 0 Å². The lowest BCUT2D eigenvalue weighted by Crippen LogP contribution is -2.34. The first-order valence-electron chi connectivity index (χ1n) is 8.69. The van der Waals surface area contributed by atoms with Crippen LogP contribution in [-0.2, 0) is 26.0 Å². The Kier molecular flexibility index (Phi) is 5.76. The van der Waals surface area contributed by atoms with Gasteiger partial charge in [0.2, 0.25) is 21.8 Å². The van der Waals surface area contributed by atoms with Gasteiger partial charge in [-0.05, 0) is 42.3 Å². The number of carbonyl (C=O) groups excluding carboxylic acids is 2. The molecule has 1 fully saturated rings. The first kappa shape index (κ1) is 20.0. The van der Waals surface area contributed by atoms with Crippen molar-refractivity contribution in [3.8, 4) is 0 Å². The molecular weight excluding hydrogens is 385 g/mol. The van der Waals surface area contributed by atoms with Gasteiger partial charge < -0.3 is 10.2 Å². The molecule has 3 N–H and O–H groups in total. The van der Waals surface area contributed by atoms with Crippen molar-refractivity contribution in [3.63, 3.8) is 0 Å². The molecule has 7 nitrogen and oxygen atoms in total. The quantitative estimate of drug-likeness (QED) is 0.752. The predicted molar refractivity (Wildman–Crippen MR) is 101 cm³/mol. The second-order valence-electron chi connectivity index (χ2n) is 6.62. The molecule has 0 aromatic heterocycles. The minimum Gasteiger partial charge on any atom is -0.355 e. The normalized spacial score (nSPS) is 17.0. The first-order valence-corrected chi connectivity index (χ1v) is 10.2. The van der Waals surface area contributed by atoms with Gasteiger partial charge in [0.15, 0.2) is 0 Å². The molecule has 2 aromatic carbocycles. The number of primary sulfonamides is 1. The Morgan fingerprint density at radius 2 is 1.93 bits per heavy atom. The van der Waals surface area contributed by atoms with E-state index in [2.05, 4.69) is 5.32 Å². The van der Waals surface area contributed by atoms with Crippen LogP contribution in [0.2, 0.25) is 0 Å². The second-order valence-corrected chi connectivity index (χ2v) is 8.18. The average molecular weight is 405 g/mol. The summed E-state index contributed by atoms with van der Waals surface area (Å²) < 4.78 is 35.9. The third-order valence-electron chi connectivity index (χ3n) is 4.58. The van der Waals surface area contributed by atoms with E-state index in [1.807, 2.05) is 0 Å². The van der Waals surface area contributed by atoms with Gasteiger partial charge in [-0.2, -0.15) is 0 Å². The number of amides is 2. The number of halogens is 1. The number of sulfonamides is 1. The van der Waals surface area contributed by atoms with Crippen LogP contribution in [0, 0.1) is 11.7 Å². The fraction of sp³-hybridized carbons (Fsp3) is 0.263. The Balaban J connectivity index is 1.59. The average Bonchev–Trinajstić information content (AvgIpc) is 3.04. The lowest BCUT2D eigenvalue weighted by molar-refractivity contribution is -0.126. The van der Waals surface area contributed by atoms with Crippen molar-refractivity contribution in [2.24, 2.45) is 11.1 Å². The molecule has 9 heteroatoms. The van der Waals surface area contributed by atoms with Crippen molar-refractivity contribution >= 4 is 27.5 Å². The molecule has 0 aliphatic carbocycles. The summed E-state index contributed by atoms with van der Waals surface area (Å²) in [6.45, 7) is 0.533. The van der Waals surface area contributed by atoms with Crippen LogP contribution >= 0.6 is 0 Å². The molecule has 0 radical (unpaired) electrons. The molecule has 1 aliphatic rings. The maximum Gasteiger partial charge on any atom is 0.238 e. The zero-order valence-corrected chi connectivity index (χ0v) is 15.8. The largest absolute Gasteiger partial charge is 0.355 e. The molecule has 1 heterocycles. The fourth-order valence-corrected chi connectivity index (χ4v) is 3.64. The summed E-state index contributed by atoms with van der Waals surface area (Å²) in [4.78, 5) is 26.0. The van der Waals surface area contributed by atoms with Crippen LogP contribution in [0.3, 0.4) is 0 Å². The molecular formula is C19H20FN3O4S. The van der Waals surface area contributed by atoms with Crippen molar-refractivity contribution in [1.29, 1.82) is 0 Å². The number of hydrogen-bond acceptors (Lipinski definition) is 4. The summed E-state index contributed by atoms with van der Waals surface area (Å²) in [5, 5.41) is 7.92. The zero-order chi connectivity index (χ0) is 20.3. The second kappa shape index (κ2) is 8.07. The van der Waals surface area contributed by atoms with Gasteiger partial charge in [-0.1, -0.05) is 18.2 Å². The molecule has 1 aliphatic heterocycles. The topological polar surface area (TPSA) is 110 Å². The maximum absolute atomic E-state index is 12.9. The molecule has 0 unspecified atom stereocenters. The van der Waals surface area contributed by atoms with E-state index in [-0.39, 0.29) is 35.5 Å². The highest BCUT2D eigenvalue weighted by Crippen LogP contribution is 2.26. The molecule has 1 saturated heterocycles. The van der Waals surface area contributed by atoms with Crippen molar-refractivity contribution in [2.45, 2.75) is 17.7 Å². The maximum atomic E-state index is 12.9. The molecule has 148 valence electrons. The monoisotopic (exact) mass is 405 g/mol. The Labute approximate surface area is 162 Å². The van der Waals surface area contributed by atoms with E-state index >= 15 is 0 Å². The molecule has 2 aromatic rings. The molecule has 0 saturated carbocycles. The van der Waals surface area contributed by atoms with E-state index in [0.29, 0.717) is 18.7 Å². The summed E-state index contributed by atoms with van der Waals surface area (Å²) in [5.74, 6) is -1.35. The van der Waals surface area contributed by atoms with E-state index in [0.717, 1.165) is 5.56 Å². The summed E-state index contributed by atoms with van der Waals surface area (Å²) in [6, 6.07) is 11.8. The van der Waals surface area contributed by atoms with Crippen LogP contribution in [0.4, 0.5) is 10.1 Å². The molecule has 1 atom stereocenters. The van der Waals surface area contributed by atoms with Gasteiger partial charge >= 0.3 is 0 Å². The van der Waals surface area contributed by atoms with E-state index < -0.39 is 15.9 Å². The lowest BCUT2D eigenvalue weighted by atomic mass is 10.1. The van der Waals surface area contributed by atoms with Crippen LogP contribution in [0.1, 0.15) is 12.0 Å². The Hall–Kier alpha value is -2.78. The van der Waals surface area contributed by atoms with Crippen LogP contribution in [0.25, 0.3) is 0 Å². The van der Waals surface area contributed by atoms with Gasteiger partial charge in [-0.3, -0.25) is 9.59 Å². The summed E-state index contributed by atoms with van der Waals surface area (Å²) in [6.07, 6.45) is 0.592. The minimum atomic E-state index is -3.88. The Morgan fingerprint density at radius 1 is 1.21 bits per heavy atom. The predicted octanol–water partition coefficient (Wildman–Crippen LogP) is 1.18. The summed E-state index contributed by atoms with van der Waals surface area (Å²) in [7, 11) is -3.88. The Morgan fingerprint density at radius 3 is 2.61 bits per heavy atom. The molecule has 0 spiro atoms. The highest BCUT2D eigenvalue weighted by Gasteiger charge is 2.35. The molecule has 2 amide bonds. The van der Waals surface area contributed by atoms with E-state index in [1.54, 1.807) is 18.2 Å². The highest BCUT2D eigenvalue weighted by molar-refractivity contribution is 7.89. The lowest BCUT2D eigenvalue weighted by Gasteiger charge is -2.17. The molecule has 3 rings (SSSR count). The number of hydrogen-bond donors (Lipinski definition) is 2. The van der Waals surface area contributed by atoms with Crippen molar-refractivity contribution in [1.82, 2.24) is 5.32 Å². The number of benzene rings is 2. The number of anilines is 1. The summed E-state index contributed by atoms with van der Waals surface area (Å²) >= 11 is 0. The van der Waals surface area contributed by atoms with E-state index in [1.165, 1.54) is 35.2 Å². The minimum absolute atomic E-state index is 0.0436. The van der Waals surface area contributed by atoms with Crippen LogP contribution in [-0.4, -0.2) is 33.3 Å². The third kappa shape index (κ3) is 4.73. The SMILES string of the molecule is NS(=O)(=O)c1cccc(N2C[C@H](C(=O)NCCc3ccc(F)cc3)CC2=O)c1. The highest BCUT2D eigenvalue weighted by atomic mass is 32.2. The number of nitrogens with two attached hydrogens (primary N) is 1. The standard InChI is InChI=1S/C19H20FN3O4S/c20-15-6-4-13(5-7-15)8-9-22-19(25)14-10-18(24)23(12-14)16-2-1-3-17(11-16)28(21,26)27/h1-7,11,14H,8-10,12H2,(H,22,25)(H2,21,26,27)/t14-/m1/s1. The van der Waals surface area contributed by atoms with E-state index in [9.17, 15) is 22.4 Å². The molecule has 0 bridgehead atoms. The smallest absolute Gasteiger partial charge is 0.238 e. The number of nitrogens with zero attached hydrogens (tertiary/aromatic N) is 1. The first-order chi connectivity index (χ1) is 13.2. The van der Waals surface area contributed by atoms with Crippen molar-refractivity contribution in [3.05, 3.63) is 59.9 Å². The van der Waals surface area contributed by atoms with Crippen LogP contribution < -0.4 is 15.4 Å². The third-order valence-corrected chi connectivity index (χ3v) is 5.49. The van der Waals surface area contributed by atoms with Gasteiger partial charge in [0.25, 0.3) is 0 Å². The van der Waals surface area contributed by atoms with Crippen LogP contribution in [0.15, 0.2) is 53.4 Å².